The molecule has 0 saturated carbocycles. The molecule has 3 aliphatic rings. The third-order valence-electron chi connectivity index (χ3n) is 16.5. The molecule has 75 heavy (non-hydrogen) atoms. The number of likely N-dealkylation sites (N-methyl/N-ethyl adjacent to an activating group) is 2. The highest BCUT2D eigenvalue weighted by Crippen LogP contribution is 2.40. The first-order valence-corrected chi connectivity index (χ1v) is 26.9. The number of cyclic esters (lactones) is 1. The normalized spacial score (nSPS) is 37.3. The minimum atomic E-state index is -1.82. The van der Waals surface area contributed by atoms with Crippen molar-refractivity contribution in [3.05, 3.63) is 65.7 Å². The van der Waals surface area contributed by atoms with Crippen LogP contribution in [-0.4, -0.2) is 188 Å². The fraction of sp³-hybridized carbons (Fsp3) is 0.732. The Kier molecular flexibility index (Phi) is 20.7. The smallest absolute Gasteiger partial charge is 0.311 e. The van der Waals surface area contributed by atoms with Gasteiger partial charge in [0.1, 0.15) is 30.6 Å². The molecule has 0 aliphatic carbocycles. The van der Waals surface area contributed by atoms with Crippen LogP contribution in [0.3, 0.4) is 0 Å². The van der Waals surface area contributed by atoms with Crippen molar-refractivity contribution < 1.29 is 62.8 Å². The highest BCUT2D eigenvalue weighted by Gasteiger charge is 2.52. The van der Waals surface area contributed by atoms with Gasteiger partial charge in [-0.05, 0) is 111 Å². The van der Waals surface area contributed by atoms with Crippen molar-refractivity contribution in [2.45, 2.75) is 204 Å². The molecule has 18 nitrogen and oxygen atoms in total. The van der Waals surface area contributed by atoms with Crippen LogP contribution in [-0.2, 0) is 46.1 Å². The molecule has 0 radical (unpaired) electrons. The number of aromatic nitrogens is 4. The lowest BCUT2D eigenvalue weighted by Crippen LogP contribution is -2.59. The molecular weight excluding hydrogens is 968 g/mol. The number of carbonyl (C=O) groups excluding carboxylic acids is 2. The standard InChI is InChI=1S/C56H87FN6O12/c1-14-46-56(10,69)50(65)37(6)62(12)30-33(2)25-54(8,68)52(35(4)49(36(5)53(67)73-46)74-48-26-55(9,70-13)51(66)38(7)72-48)75-47-24-44(21-34(3)71-47)61(11)20-19-43-31-63(60-59-43)45(27-57)23-39-15-17-41(18-16-39)42-22-40(32-64)28-58-29-42/h15-18,22,28-29,31-38,44-52,65-66,68-69H,14,19-21,23-27,30H2,1-13H3/t33-,34-,35+,36-,37-,38+,44+,45+,46-,47+,48+,49+,50-,51+,52-,54-,55-,56-/m1/s1. The quantitative estimate of drug-likeness (QED) is 0.0989. The minimum Gasteiger partial charge on any atom is -0.459 e. The first-order valence-electron chi connectivity index (χ1n) is 26.9. The largest absolute Gasteiger partial charge is 0.459 e. The van der Waals surface area contributed by atoms with Gasteiger partial charge in [0.05, 0.1) is 53.3 Å². The highest BCUT2D eigenvalue weighted by molar-refractivity contribution is 5.78. The van der Waals surface area contributed by atoms with Gasteiger partial charge in [-0.1, -0.05) is 50.3 Å². The molecule has 5 heterocycles. The van der Waals surface area contributed by atoms with E-state index in [0.717, 1.165) is 28.7 Å². The maximum Gasteiger partial charge on any atom is 0.311 e. The summed E-state index contributed by atoms with van der Waals surface area (Å²) in [6.07, 6.45) is 0.474. The molecule has 6 rings (SSSR count). The Morgan fingerprint density at radius 3 is 2.32 bits per heavy atom. The monoisotopic (exact) mass is 1050 g/mol. The van der Waals surface area contributed by atoms with Crippen LogP contribution in [0.4, 0.5) is 4.39 Å². The Morgan fingerprint density at radius 1 is 0.960 bits per heavy atom. The molecule has 3 fully saturated rings. The van der Waals surface area contributed by atoms with Crippen molar-refractivity contribution in [3.63, 3.8) is 0 Å². The summed E-state index contributed by atoms with van der Waals surface area (Å²) in [6, 6.07) is 8.41. The van der Waals surface area contributed by atoms with E-state index in [0.29, 0.717) is 44.3 Å². The van der Waals surface area contributed by atoms with Gasteiger partial charge in [0, 0.05) is 87.2 Å². The summed E-state index contributed by atoms with van der Waals surface area (Å²) >= 11 is 0. The molecule has 0 unspecified atom stereocenters. The predicted octanol–water partition coefficient (Wildman–Crippen LogP) is 5.76. The Bertz CT molecular complexity index is 2290. The number of nitrogens with zero attached hydrogens (tertiary/aromatic N) is 6. The summed E-state index contributed by atoms with van der Waals surface area (Å²) in [5.74, 6) is -2.57. The van der Waals surface area contributed by atoms with Gasteiger partial charge in [-0.25, -0.2) is 9.07 Å². The number of methoxy groups -OCH3 is 1. The SMILES string of the molecule is CC[C@H]1OC(=O)[C@H](C)[C@@H](O[C@H]2C[C@@](C)(OC)[C@@H](O)[C@H](C)O2)[C@H](C)[C@@H](O[C@H]2C[C@@H](N(C)CCc3cn([C@H](CF)Cc4ccc(-c5cncc(C=O)c5)cc4)nn3)C[C@@H](C)O2)[C@](C)(O)C[C@@H](C)CN(C)[C@H](C)[C@@H](O)[C@]1(C)O. The molecule has 420 valence electrons. The lowest BCUT2D eigenvalue weighted by atomic mass is 9.77. The summed E-state index contributed by atoms with van der Waals surface area (Å²) in [5, 5.41) is 56.3. The number of ether oxygens (including phenoxy) is 6. The lowest BCUT2D eigenvalue weighted by molar-refractivity contribution is -0.308. The molecule has 2 aromatic heterocycles. The van der Waals surface area contributed by atoms with E-state index in [1.807, 2.05) is 71.0 Å². The second-order valence-corrected chi connectivity index (χ2v) is 22.8. The number of aliphatic hydroxyl groups is 4. The third-order valence-corrected chi connectivity index (χ3v) is 16.5. The van der Waals surface area contributed by atoms with Gasteiger partial charge in [0.15, 0.2) is 18.9 Å². The van der Waals surface area contributed by atoms with Crippen molar-refractivity contribution in [1.29, 1.82) is 0 Å². The average Bonchev–Trinajstić information content (AvgIpc) is 3.86. The fourth-order valence-electron chi connectivity index (χ4n) is 11.7. The molecule has 3 aliphatic heterocycles. The van der Waals surface area contributed by atoms with Crippen molar-refractivity contribution in [2.75, 3.05) is 41.0 Å². The van der Waals surface area contributed by atoms with E-state index < -0.39 is 103 Å². The molecule has 4 N–H and O–H groups in total. The Morgan fingerprint density at radius 2 is 1.67 bits per heavy atom. The fourth-order valence-corrected chi connectivity index (χ4v) is 11.7. The number of aliphatic hydroxyl groups excluding tert-OH is 2. The summed E-state index contributed by atoms with van der Waals surface area (Å²) < 4.78 is 54.9. The van der Waals surface area contributed by atoms with Crippen LogP contribution in [0.5, 0.6) is 0 Å². The van der Waals surface area contributed by atoms with Crippen LogP contribution >= 0.6 is 0 Å². The maximum atomic E-state index is 14.6. The van der Waals surface area contributed by atoms with Gasteiger partial charge >= 0.3 is 5.97 Å². The predicted molar refractivity (Wildman–Crippen MR) is 279 cm³/mol. The van der Waals surface area contributed by atoms with E-state index in [2.05, 4.69) is 20.2 Å². The number of pyridine rings is 1. The van der Waals surface area contributed by atoms with Crippen LogP contribution in [0.2, 0.25) is 0 Å². The van der Waals surface area contributed by atoms with Crippen LogP contribution < -0.4 is 0 Å². The first-order chi connectivity index (χ1) is 35.3. The molecular formula is C56H87FN6O12. The van der Waals surface area contributed by atoms with Gasteiger partial charge < -0.3 is 58.6 Å². The molecule has 1 aromatic carbocycles. The van der Waals surface area contributed by atoms with Crippen LogP contribution in [0.1, 0.15) is 129 Å². The Hall–Kier alpha value is -3.86. The van der Waals surface area contributed by atoms with E-state index in [-0.39, 0.29) is 37.3 Å². The number of halogens is 1. The third kappa shape index (κ3) is 14.6. The zero-order chi connectivity index (χ0) is 55.2. The summed E-state index contributed by atoms with van der Waals surface area (Å²) in [6.45, 7) is 18.3. The molecule has 0 spiro atoms. The average molecular weight is 1060 g/mol. The van der Waals surface area contributed by atoms with E-state index in [1.165, 1.54) is 20.2 Å². The van der Waals surface area contributed by atoms with Gasteiger partial charge in [0.25, 0.3) is 0 Å². The molecule has 19 heteroatoms. The van der Waals surface area contributed by atoms with Crippen molar-refractivity contribution in [3.8, 4) is 11.1 Å². The second kappa shape index (κ2) is 25.7. The van der Waals surface area contributed by atoms with E-state index in [1.54, 1.807) is 57.8 Å². The number of hydrogen-bond acceptors (Lipinski definition) is 17. The molecule has 0 bridgehead atoms. The summed E-state index contributed by atoms with van der Waals surface area (Å²) in [4.78, 5) is 34.1. The van der Waals surface area contributed by atoms with Gasteiger partial charge in [-0.2, -0.15) is 0 Å². The van der Waals surface area contributed by atoms with Crippen LogP contribution in [0, 0.1) is 17.8 Å². The Balaban J connectivity index is 1.21. The number of alkyl halides is 1. The Labute approximate surface area is 443 Å². The molecule has 18 atom stereocenters. The number of aldehydes is 1. The van der Waals surface area contributed by atoms with Gasteiger partial charge in [0.2, 0.25) is 0 Å². The van der Waals surface area contributed by atoms with Crippen molar-refractivity contribution in [2.24, 2.45) is 17.8 Å². The van der Waals surface area contributed by atoms with E-state index in [9.17, 15) is 34.4 Å². The number of esters is 1. The molecule has 3 aromatic rings. The number of hydrogen-bond donors (Lipinski definition) is 4. The number of benzene rings is 1. The van der Waals surface area contributed by atoms with Crippen molar-refractivity contribution in [1.82, 2.24) is 29.8 Å². The van der Waals surface area contributed by atoms with Crippen LogP contribution in [0.25, 0.3) is 11.1 Å². The first kappa shape index (κ1) is 60.4. The number of carbonyl (C=O) groups is 2. The molecule has 0 amide bonds. The van der Waals surface area contributed by atoms with Crippen molar-refractivity contribution >= 4 is 12.3 Å². The summed E-state index contributed by atoms with van der Waals surface area (Å²) in [7, 11) is 5.41. The maximum absolute atomic E-state index is 14.6. The topological polar surface area (TPSA) is 221 Å². The summed E-state index contributed by atoms with van der Waals surface area (Å²) in [5.41, 5.74) is -0.546. The molecule has 3 saturated heterocycles. The van der Waals surface area contributed by atoms with Gasteiger partial charge in [-0.15, -0.1) is 5.10 Å². The lowest BCUT2D eigenvalue weighted by Gasteiger charge is -2.48. The van der Waals surface area contributed by atoms with E-state index in [4.69, 9.17) is 28.4 Å². The minimum absolute atomic E-state index is 0.00922. The second-order valence-electron chi connectivity index (χ2n) is 22.8. The van der Waals surface area contributed by atoms with Crippen LogP contribution in [0.15, 0.2) is 48.9 Å². The van der Waals surface area contributed by atoms with E-state index >= 15 is 0 Å². The van der Waals surface area contributed by atoms with Gasteiger partial charge in [-0.3, -0.25) is 14.6 Å². The zero-order valence-corrected chi connectivity index (χ0v) is 46.5. The number of rotatable bonds is 16. The highest BCUT2D eigenvalue weighted by atomic mass is 19.1. The zero-order valence-electron chi connectivity index (χ0n) is 46.5.